The number of carbonyl (C=O) groups is 4. The molecule has 0 saturated carbocycles. The molecule has 1 aromatic rings. The van der Waals surface area contributed by atoms with Gasteiger partial charge in [0.15, 0.2) is 5.78 Å². The lowest BCUT2D eigenvalue weighted by molar-refractivity contribution is -0.143. The standard InChI is InChI=1S/C15H15FN2O4/c1-9(2)7-17-13(20)14(21)18(15(17)22)8-12(19)10-5-3-4-6-11(10)16/h3-6,9H,7-8H2,1-2H3. The topological polar surface area (TPSA) is 74.8 Å². The molecule has 22 heavy (non-hydrogen) atoms. The average molecular weight is 306 g/mol. The Bertz CT molecular complexity index is 657. The van der Waals surface area contributed by atoms with Gasteiger partial charge < -0.3 is 0 Å². The number of Topliss-reactive ketones (excluding diaryl/α,β-unsaturated/α-hetero) is 1. The van der Waals surface area contributed by atoms with Gasteiger partial charge in [-0.05, 0) is 18.1 Å². The van der Waals surface area contributed by atoms with Crippen LogP contribution in [0.2, 0.25) is 0 Å². The minimum atomic E-state index is -1.06. The minimum absolute atomic E-state index is 0.0112. The molecule has 1 aliphatic rings. The number of amides is 4. The van der Waals surface area contributed by atoms with E-state index in [0.29, 0.717) is 4.90 Å². The predicted molar refractivity (Wildman–Crippen MR) is 74.4 cm³/mol. The van der Waals surface area contributed by atoms with Crippen LogP contribution in [0, 0.1) is 11.7 Å². The molecule has 1 aromatic carbocycles. The molecule has 0 aliphatic carbocycles. The van der Waals surface area contributed by atoms with E-state index < -0.39 is 36.0 Å². The van der Waals surface area contributed by atoms with E-state index in [-0.39, 0.29) is 18.0 Å². The zero-order chi connectivity index (χ0) is 16.4. The van der Waals surface area contributed by atoms with Crippen molar-refractivity contribution in [2.45, 2.75) is 13.8 Å². The Hall–Kier alpha value is -2.57. The molecule has 0 N–H and O–H groups in total. The van der Waals surface area contributed by atoms with Gasteiger partial charge >= 0.3 is 17.8 Å². The second-order valence-electron chi connectivity index (χ2n) is 5.39. The summed E-state index contributed by atoms with van der Waals surface area (Å²) in [6.45, 7) is 3.02. The van der Waals surface area contributed by atoms with Crippen LogP contribution in [-0.4, -0.2) is 46.5 Å². The molecule has 1 aliphatic heterocycles. The van der Waals surface area contributed by atoms with Crippen molar-refractivity contribution < 1.29 is 23.6 Å². The quantitative estimate of drug-likeness (QED) is 0.469. The van der Waals surface area contributed by atoms with Crippen molar-refractivity contribution in [2.24, 2.45) is 5.92 Å². The second-order valence-corrected chi connectivity index (χ2v) is 5.39. The number of hydrogen-bond donors (Lipinski definition) is 0. The average Bonchev–Trinajstić information content (AvgIpc) is 2.65. The van der Waals surface area contributed by atoms with Crippen LogP contribution in [0.25, 0.3) is 0 Å². The number of benzene rings is 1. The van der Waals surface area contributed by atoms with E-state index >= 15 is 0 Å². The van der Waals surface area contributed by atoms with E-state index in [2.05, 4.69) is 0 Å². The van der Waals surface area contributed by atoms with E-state index in [1.54, 1.807) is 13.8 Å². The molecule has 0 spiro atoms. The van der Waals surface area contributed by atoms with Crippen LogP contribution in [0.4, 0.5) is 9.18 Å². The van der Waals surface area contributed by atoms with Crippen LogP contribution in [0.5, 0.6) is 0 Å². The number of carbonyl (C=O) groups excluding carboxylic acids is 4. The fourth-order valence-electron chi connectivity index (χ4n) is 2.13. The molecule has 2 rings (SSSR count). The Morgan fingerprint density at radius 3 is 2.27 bits per heavy atom. The van der Waals surface area contributed by atoms with Gasteiger partial charge in [-0.2, -0.15) is 0 Å². The molecule has 4 amide bonds. The second kappa shape index (κ2) is 6.05. The highest BCUT2D eigenvalue weighted by Gasteiger charge is 2.45. The molecule has 0 bridgehead atoms. The number of imide groups is 2. The van der Waals surface area contributed by atoms with E-state index in [4.69, 9.17) is 0 Å². The van der Waals surface area contributed by atoms with Gasteiger partial charge in [0.25, 0.3) is 0 Å². The molecular weight excluding hydrogens is 291 g/mol. The highest BCUT2D eigenvalue weighted by atomic mass is 19.1. The number of hydrogen-bond acceptors (Lipinski definition) is 4. The zero-order valence-electron chi connectivity index (χ0n) is 12.2. The maximum atomic E-state index is 13.5. The summed E-state index contributed by atoms with van der Waals surface area (Å²) in [5, 5.41) is 0. The van der Waals surface area contributed by atoms with Crippen molar-refractivity contribution in [3.63, 3.8) is 0 Å². The van der Waals surface area contributed by atoms with Crippen LogP contribution < -0.4 is 0 Å². The van der Waals surface area contributed by atoms with Crippen LogP contribution in [0.15, 0.2) is 24.3 Å². The third-order valence-corrected chi connectivity index (χ3v) is 3.16. The first-order valence-corrected chi connectivity index (χ1v) is 6.78. The SMILES string of the molecule is CC(C)CN1C(=O)C(=O)N(CC(=O)c2ccccc2F)C1=O. The van der Waals surface area contributed by atoms with E-state index in [1.807, 2.05) is 0 Å². The molecule has 0 unspecified atom stereocenters. The number of urea groups is 1. The van der Waals surface area contributed by atoms with Crippen molar-refractivity contribution in [3.8, 4) is 0 Å². The Labute approximate surface area is 126 Å². The number of nitrogens with zero attached hydrogens (tertiary/aromatic N) is 2. The lowest BCUT2D eigenvalue weighted by Crippen LogP contribution is -2.38. The fraction of sp³-hybridized carbons (Fsp3) is 0.333. The van der Waals surface area contributed by atoms with E-state index in [1.165, 1.54) is 18.2 Å². The third-order valence-electron chi connectivity index (χ3n) is 3.16. The lowest BCUT2D eigenvalue weighted by atomic mass is 10.1. The Morgan fingerprint density at radius 1 is 1.09 bits per heavy atom. The smallest absolute Gasteiger partial charge is 0.292 e. The molecule has 0 radical (unpaired) electrons. The summed E-state index contributed by atoms with van der Waals surface area (Å²) in [5.41, 5.74) is -0.224. The van der Waals surface area contributed by atoms with Crippen molar-refractivity contribution >= 4 is 23.6 Å². The van der Waals surface area contributed by atoms with Gasteiger partial charge in [-0.3, -0.25) is 19.3 Å². The number of ketones is 1. The maximum Gasteiger partial charge on any atom is 0.334 e. The summed E-state index contributed by atoms with van der Waals surface area (Å²) in [4.78, 5) is 49.1. The summed E-state index contributed by atoms with van der Waals surface area (Å²) < 4.78 is 13.5. The van der Waals surface area contributed by atoms with Gasteiger partial charge in [-0.15, -0.1) is 0 Å². The van der Waals surface area contributed by atoms with Gasteiger partial charge in [0.05, 0.1) is 12.1 Å². The lowest BCUT2D eigenvalue weighted by Gasteiger charge is -2.16. The number of halogens is 1. The molecule has 0 atom stereocenters. The zero-order valence-corrected chi connectivity index (χ0v) is 12.2. The van der Waals surface area contributed by atoms with E-state index in [0.717, 1.165) is 11.0 Å². The summed E-state index contributed by atoms with van der Waals surface area (Å²) >= 11 is 0. The first-order valence-electron chi connectivity index (χ1n) is 6.78. The molecule has 7 heteroatoms. The van der Waals surface area contributed by atoms with E-state index in [9.17, 15) is 23.6 Å². The summed E-state index contributed by atoms with van der Waals surface area (Å²) in [6, 6.07) is 4.42. The molecule has 0 aromatic heterocycles. The van der Waals surface area contributed by atoms with Crippen molar-refractivity contribution in [1.29, 1.82) is 0 Å². The fourth-order valence-corrected chi connectivity index (χ4v) is 2.13. The van der Waals surface area contributed by atoms with Gasteiger partial charge in [0, 0.05) is 6.54 Å². The largest absolute Gasteiger partial charge is 0.334 e. The number of rotatable bonds is 5. The molecule has 1 saturated heterocycles. The van der Waals surface area contributed by atoms with Gasteiger partial charge in [-0.1, -0.05) is 26.0 Å². The Morgan fingerprint density at radius 2 is 1.68 bits per heavy atom. The molecule has 116 valence electrons. The van der Waals surface area contributed by atoms with Crippen LogP contribution in [0.1, 0.15) is 24.2 Å². The third kappa shape index (κ3) is 2.88. The molecule has 6 nitrogen and oxygen atoms in total. The highest BCUT2D eigenvalue weighted by Crippen LogP contribution is 2.16. The van der Waals surface area contributed by atoms with Gasteiger partial charge in [0.2, 0.25) is 0 Å². The van der Waals surface area contributed by atoms with Gasteiger partial charge in [0.1, 0.15) is 5.82 Å². The minimum Gasteiger partial charge on any atom is -0.292 e. The molecule has 1 fully saturated rings. The maximum absolute atomic E-state index is 13.5. The van der Waals surface area contributed by atoms with Crippen molar-refractivity contribution in [3.05, 3.63) is 35.6 Å². The monoisotopic (exact) mass is 306 g/mol. The normalized spacial score (nSPS) is 15.2. The van der Waals surface area contributed by atoms with Crippen molar-refractivity contribution in [1.82, 2.24) is 9.80 Å². The van der Waals surface area contributed by atoms with Crippen LogP contribution in [-0.2, 0) is 9.59 Å². The Kier molecular flexibility index (Phi) is 4.35. The Balaban J connectivity index is 2.18. The summed E-state index contributed by atoms with van der Waals surface area (Å²) in [6.07, 6.45) is 0. The van der Waals surface area contributed by atoms with Gasteiger partial charge in [-0.25, -0.2) is 14.1 Å². The molecular formula is C15H15FN2O4. The summed E-state index contributed by atoms with van der Waals surface area (Å²) in [7, 11) is 0. The predicted octanol–water partition coefficient (Wildman–Crippen LogP) is 1.46. The van der Waals surface area contributed by atoms with Crippen LogP contribution >= 0.6 is 0 Å². The van der Waals surface area contributed by atoms with Crippen LogP contribution in [0.3, 0.4) is 0 Å². The highest BCUT2D eigenvalue weighted by molar-refractivity contribution is 6.45. The van der Waals surface area contributed by atoms with Crippen molar-refractivity contribution in [2.75, 3.05) is 13.1 Å². The summed E-state index contributed by atoms with van der Waals surface area (Å²) in [5.74, 6) is -3.51. The first-order chi connectivity index (χ1) is 10.3. The first kappa shape index (κ1) is 15.8. The molecule has 1 heterocycles.